The van der Waals surface area contributed by atoms with Crippen molar-refractivity contribution in [3.63, 3.8) is 0 Å². The second kappa shape index (κ2) is 3.88. The summed E-state index contributed by atoms with van der Waals surface area (Å²) in [7, 11) is 1.47. The first kappa shape index (κ1) is 7.95. The summed E-state index contributed by atoms with van der Waals surface area (Å²) in [5.41, 5.74) is 0. The second-order valence-electron chi connectivity index (χ2n) is 2.49. The highest BCUT2D eigenvalue weighted by molar-refractivity contribution is 4.64. The van der Waals surface area contributed by atoms with E-state index in [9.17, 15) is 4.39 Å². The highest BCUT2D eigenvalue weighted by atomic mass is 19.1. The minimum atomic E-state index is -0.938. The summed E-state index contributed by atoms with van der Waals surface area (Å²) in [5, 5.41) is 0. The van der Waals surface area contributed by atoms with Crippen LogP contribution in [-0.2, 0) is 9.47 Å². The van der Waals surface area contributed by atoms with Gasteiger partial charge in [0.1, 0.15) is 0 Å². The number of alkyl halides is 1. The second-order valence-corrected chi connectivity index (χ2v) is 2.49. The van der Waals surface area contributed by atoms with Crippen LogP contribution in [0.2, 0.25) is 0 Å². The van der Waals surface area contributed by atoms with E-state index in [0.717, 1.165) is 12.8 Å². The number of methoxy groups -OCH3 is 1. The van der Waals surface area contributed by atoms with E-state index in [1.54, 1.807) is 0 Å². The summed E-state index contributed by atoms with van der Waals surface area (Å²) in [6, 6.07) is 0. The first-order valence-corrected chi connectivity index (χ1v) is 3.63. The van der Waals surface area contributed by atoms with Gasteiger partial charge in [-0.3, -0.25) is 0 Å². The lowest BCUT2D eigenvalue weighted by Crippen LogP contribution is -2.25. The van der Waals surface area contributed by atoms with Crippen molar-refractivity contribution in [2.24, 2.45) is 0 Å². The van der Waals surface area contributed by atoms with Gasteiger partial charge in [0.25, 0.3) is 0 Å². The number of ether oxygens (including phenoxy) is 2. The first-order valence-electron chi connectivity index (χ1n) is 3.63. The molecule has 10 heavy (non-hydrogen) atoms. The van der Waals surface area contributed by atoms with Crippen molar-refractivity contribution in [3.05, 3.63) is 0 Å². The first-order chi connectivity index (χ1) is 4.84. The van der Waals surface area contributed by atoms with Gasteiger partial charge in [-0.2, -0.15) is 0 Å². The molecule has 1 fully saturated rings. The monoisotopic (exact) mass is 148 g/mol. The van der Waals surface area contributed by atoms with Crippen molar-refractivity contribution >= 4 is 0 Å². The number of halogens is 1. The maximum Gasteiger partial charge on any atom is 0.188 e. The molecule has 1 aliphatic heterocycles. The standard InChI is InChI=1S/C7H13FO2/c1-9-7-6(8)4-2-3-5-10-7/h6-7H,2-5H2,1H3. The predicted molar refractivity (Wildman–Crippen MR) is 35.5 cm³/mol. The summed E-state index contributed by atoms with van der Waals surface area (Å²) >= 11 is 0. The fourth-order valence-corrected chi connectivity index (χ4v) is 1.10. The van der Waals surface area contributed by atoms with Crippen molar-refractivity contribution in [1.29, 1.82) is 0 Å². The van der Waals surface area contributed by atoms with Crippen LogP contribution in [0.5, 0.6) is 0 Å². The van der Waals surface area contributed by atoms with Gasteiger partial charge in [-0.05, 0) is 19.3 Å². The van der Waals surface area contributed by atoms with E-state index in [1.165, 1.54) is 7.11 Å². The molecule has 0 aromatic heterocycles. The van der Waals surface area contributed by atoms with Crippen LogP contribution in [0.3, 0.4) is 0 Å². The van der Waals surface area contributed by atoms with Crippen LogP contribution in [0.15, 0.2) is 0 Å². The highest BCUT2D eigenvalue weighted by Gasteiger charge is 2.22. The van der Waals surface area contributed by atoms with E-state index in [0.29, 0.717) is 13.0 Å². The molecule has 0 aliphatic carbocycles. The zero-order chi connectivity index (χ0) is 7.40. The minimum absolute atomic E-state index is 0.568. The highest BCUT2D eigenvalue weighted by Crippen LogP contribution is 2.16. The van der Waals surface area contributed by atoms with Gasteiger partial charge in [-0.1, -0.05) is 0 Å². The van der Waals surface area contributed by atoms with Crippen LogP contribution in [-0.4, -0.2) is 26.2 Å². The maximum atomic E-state index is 12.9. The third kappa shape index (κ3) is 1.92. The number of hydrogen-bond acceptors (Lipinski definition) is 2. The Bertz CT molecular complexity index is 97.6. The van der Waals surface area contributed by atoms with E-state index in [1.807, 2.05) is 0 Å². The lowest BCUT2D eigenvalue weighted by molar-refractivity contribution is -0.153. The van der Waals surface area contributed by atoms with E-state index in [4.69, 9.17) is 9.47 Å². The molecule has 1 rings (SSSR count). The van der Waals surface area contributed by atoms with Gasteiger partial charge in [0, 0.05) is 13.7 Å². The molecule has 0 amide bonds. The predicted octanol–water partition coefficient (Wildman–Crippen LogP) is 1.50. The number of hydrogen-bond donors (Lipinski definition) is 0. The Labute approximate surface area is 60.3 Å². The Hall–Kier alpha value is -0.150. The Balaban J connectivity index is 2.35. The molecule has 0 bridgehead atoms. The van der Waals surface area contributed by atoms with Gasteiger partial charge < -0.3 is 9.47 Å². The van der Waals surface area contributed by atoms with Crippen LogP contribution in [0.25, 0.3) is 0 Å². The average Bonchev–Trinajstić information content (AvgIpc) is 2.13. The molecule has 0 N–H and O–H groups in total. The molecule has 0 saturated carbocycles. The molecule has 1 aliphatic rings. The van der Waals surface area contributed by atoms with Crippen LogP contribution < -0.4 is 0 Å². The van der Waals surface area contributed by atoms with E-state index >= 15 is 0 Å². The van der Waals surface area contributed by atoms with Crippen molar-refractivity contribution < 1.29 is 13.9 Å². The van der Waals surface area contributed by atoms with Gasteiger partial charge in [0.05, 0.1) is 0 Å². The molecule has 2 unspecified atom stereocenters. The Morgan fingerprint density at radius 3 is 3.00 bits per heavy atom. The van der Waals surface area contributed by atoms with Crippen LogP contribution in [0, 0.1) is 0 Å². The maximum absolute atomic E-state index is 12.9. The molecule has 0 radical (unpaired) electrons. The van der Waals surface area contributed by atoms with Gasteiger partial charge >= 0.3 is 0 Å². The molecule has 1 heterocycles. The summed E-state index contributed by atoms with van der Waals surface area (Å²) in [5.74, 6) is 0. The SMILES string of the molecule is COC1OCCCCC1F. The Morgan fingerprint density at radius 2 is 2.30 bits per heavy atom. The van der Waals surface area contributed by atoms with Gasteiger partial charge in [-0.25, -0.2) is 4.39 Å². The molecule has 60 valence electrons. The van der Waals surface area contributed by atoms with Crippen molar-refractivity contribution in [1.82, 2.24) is 0 Å². The van der Waals surface area contributed by atoms with Crippen molar-refractivity contribution in [2.45, 2.75) is 31.7 Å². The lowest BCUT2D eigenvalue weighted by atomic mass is 10.2. The van der Waals surface area contributed by atoms with Gasteiger partial charge in [0.2, 0.25) is 0 Å². The Morgan fingerprint density at radius 1 is 1.50 bits per heavy atom. The largest absolute Gasteiger partial charge is 0.353 e. The minimum Gasteiger partial charge on any atom is -0.353 e. The molecule has 3 heteroatoms. The van der Waals surface area contributed by atoms with Crippen LogP contribution >= 0.6 is 0 Å². The molecule has 0 aromatic carbocycles. The molecule has 2 atom stereocenters. The molecule has 1 saturated heterocycles. The molecular formula is C7H13FO2. The lowest BCUT2D eigenvalue weighted by Gasteiger charge is -2.15. The molecule has 2 nitrogen and oxygen atoms in total. The van der Waals surface area contributed by atoms with E-state index in [2.05, 4.69) is 0 Å². The van der Waals surface area contributed by atoms with Crippen molar-refractivity contribution in [3.8, 4) is 0 Å². The summed E-state index contributed by atoms with van der Waals surface area (Å²) < 4.78 is 22.7. The van der Waals surface area contributed by atoms with Crippen LogP contribution in [0.1, 0.15) is 19.3 Å². The Kier molecular flexibility index (Phi) is 3.09. The van der Waals surface area contributed by atoms with Crippen LogP contribution in [0.4, 0.5) is 4.39 Å². The smallest absolute Gasteiger partial charge is 0.188 e. The fraction of sp³-hybridized carbons (Fsp3) is 1.00. The quantitative estimate of drug-likeness (QED) is 0.561. The fourth-order valence-electron chi connectivity index (χ4n) is 1.10. The van der Waals surface area contributed by atoms with Crippen molar-refractivity contribution in [2.75, 3.05) is 13.7 Å². The molecular weight excluding hydrogens is 135 g/mol. The summed E-state index contributed by atoms with van der Waals surface area (Å²) in [6.07, 6.45) is 0.856. The van der Waals surface area contributed by atoms with E-state index in [-0.39, 0.29) is 0 Å². The zero-order valence-corrected chi connectivity index (χ0v) is 6.18. The molecule has 0 aromatic rings. The third-order valence-electron chi connectivity index (χ3n) is 1.68. The number of rotatable bonds is 1. The molecule has 0 spiro atoms. The summed E-state index contributed by atoms with van der Waals surface area (Å²) in [4.78, 5) is 0. The van der Waals surface area contributed by atoms with Gasteiger partial charge in [-0.15, -0.1) is 0 Å². The topological polar surface area (TPSA) is 18.5 Å². The zero-order valence-electron chi connectivity index (χ0n) is 6.18. The van der Waals surface area contributed by atoms with Gasteiger partial charge in [0.15, 0.2) is 12.5 Å². The third-order valence-corrected chi connectivity index (χ3v) is 1.68. The summed E-state index contributed by atoms with van der Waals surface area (Å²) in [6.45, 7) is 0.624. The average molecular weight is 148 g/mol. The van der Waals surface area contributed by atoms with E-state index < -0.39 is 12.5 Å². The normalized spacial score (nSPS) is 35.4.